The Morgan fingerprint density at radius 3 is 2.46 bits per heavy atom. The molecule has 0 radical (unpaired) electrons. The first-order chi connectivity index (χ1) is 12.5. The Bertz CT molecular complexity index is 808. The Morgan fingerprint density at radius 2 is 1.85 bits per heavy atom. The van der Waals surface area contributed by atoms with Gasteiger partial charge < -0.3 is 14.8 Å². The molecule has 0 spiro atoms. The van der Waals surface area contributed by atoms with Crippen molar-refractivity contribution < 1.29 is 17.9 Å². The summed E-state index contributed by atoms with van der Waals surface area (Å²) in [4.78, 5) is 4.15. The van der Waals surface area contributed by atoms with Crippen LogP contribution in [-0.4, -0.2) is 33.4 Å². The van der Waals surface area contributed by atoms with Crippen molar-refractivity contribution in [3.05, 3.63) is 42.1 Å². The number of hydrogen-bond donors (Lipinski definition) is 2. The van der Waals surface area contributed by atoms with Crippen LogP contribution < -0.4 is 19.5 Å². The molecule has 0 amide bonds. The highest BCUT2D eigenvalue weighted by Crippen LogP contribution is 2.27. The summed E-state index contributed by atoms with van der Waals surface area (Å²) in [6.45, 7) is 2.52. The Hall–Kier alpha value is -2.48. The van der Waals surface area contributed by atoms with Gasteiger partial charge in [0.25, 0.3) is 0 Å². The van der Waals surface area contributed by atoms with Crippen LogP contribution in [0.15, 0.2) is 36.5 Å². The molecule has 0 saturated carbocycles. The Balaban J connectivity index is 1.95. The molecule has 0 bridgehead atoms. The molecule has 2 N–H and O–H groups in total. The van der Waals surface area contributed by atoms with Crippen molar-refractivity contribution in [2.75, 3.05) is 30.0 Å². The standard InChI is InChI=1S/C18H25N3O4S/c1-4-5-10-26(22,23)21-18-9-7-15(13-20-18)19-12-14-6-8-16(24-2)17(11-14)25-3/h6-9,11,13,19H,4-5,10,12H2,1-3H3,(H,20,21). The van der Waals surface area contributed by atoms with Crippen LogP contribution in [0.4, 0.5) is 11.5 Å². The fraction of sp³-hybridized carbons (Fsp3) is 0.389. The molecule has 26 heavy (non-hydrogen) atoms. The molecule has 7 nitrogen and oxygen atoms in total. The maximum absolute atomic E-state index is 11.9. The van der Waals surface area contributed by atoms with Crippen LogP contribution in [0.3, 0.4) is 0 Å². The Kier molecular flexibility index (Phi) is 7.08. The second kappa shape index (κ2) is 9.28. The summed E-state index contributed by atoms with van der Waals surface area (Å²) in [6, 6.07) is 9.11. The quantitative estimate of drug-likeness (QED) is 0.659. The van der Waals surface area contributed by atoms with Crippen LogP contribution >= 0.6 is 0 Å². The van der Waals surface area contributed by atoms with E-state index in [2.05, 4.69) is 15.0 Å². The van der Waals surface area contributed by atoms with Gasteiger partial charge in [0, 0.05) is 6.54 Å². The van der Waals surface area contributed by atoms with Crippen molar-refractivity contribution in [3.8, 4) is 11.5 Å². The third-order valence-corrected chi connectivity index (χ3v) is 5.08. The third-order valence-electron chi connectivity index (χ3n) is 3.73. The van der Waals surface area contributed by atoms with E-state index in [1.807, 2.05) is 25.1 Å². The van der Waals surface area contributed by atoms with E-state index in [0.29, 0.717) is 30.3 Å². The lowest BCUT2D eigenvalue weighted by atomic mass is 10.2. The van der Waals surface area contributed by atoms with Gasteiger partial charge in [-0.3, -0.25) is 4.72 Å². The molecule has 0 fully saturated rings. The summed E-state index contributed by atoms with van der Waals surface area (Å²) in [6.07, 6.45) is 3.05. The lowest BCUT2D eigenvalue weighted by molar-refractivity contribution is 0.354. The highest BCUT2D eigenvalue weighted by molar-refractivity contribution is 7.92. The number of hydrogen-bond acceptors (Lipinski definition) is 6. The van der Waals surface area contributed by atoms with Crippen LogP contribution in [0.5, 0.6) is 11.5 Å². The van der Waals surface area contributed by atoms with E-state index in [0.717, 1.165) is 17.7 Å². The van der Waals surface area contributed by atoms with Gasteiger partial charge in [0.05, 0.1) is 31.9 Å². The van der Waals surface area contributed by atoms with Gasteiger partial charge in [-0.05, 0) is 36.2 Å². The summed E-state index contributed by atoms with van der Waals surface area (Å²) < 4.78 is 36.8. The molecule has 0 aliphatic heterocycles. The van der Waals surface area contributed by atoms with Crippen molar-refractivity contribution in [1.29, 1.82) is 0 Å². The number of ether oxygens (including phenoxy) is 2. The predicted octanol–water partition coefficient (Wildman–Crippen LogP) is 3.25. The molecule has 0 aliphatic carbocycles. The maximum atomic E-state index is 11.9. The second-order valence-electron chi connectivity index (χ2n) is 5.75. The highest BCUT2D eigenvalue weighted by Gasteiger charge is 2.10. The number of nitrogens with one attached hydrogen (secondary N) is 2. The van der Waals surface area contributed by atoms with E-state index in [1.165, 1.54) is 0 Å². The van der Waals surface area contributed by atoms with Crippen LogP contribution in [0.25, 0.3) is 0 Å². The molecule has 2 rings (SSSR count). The van der Waals surface area contributed by atoms with Gasteiger partial charge in [0.15, 0.2) is 11.5 Å². The van der Waals surface area contributed by atoms with E-state index in [-0.39, 0.29) is 5.75 Å². The second-order valence-corrected chi connectivity index (χ2v) is 7.59. The first kappa shape index (κ1) is 19.8. The SMILES string of the molecule is CCCCS(=O)(=O)Nc1ccc(NCc2ccc(OC)c(OC)c2)cn1. The van der Waals surface area contributed by atoms with E-state index in [9.17, 15) is 8.42 Å². The van der Waals surface area contributed by atoms with Crippen molar-refractivity contribution in [3.63, 3.8) is 0 Å². The molecular weight excluding hydrogens is 354 g/mol. The van der Waals surface area contributed by atoms with Gasteiger partial charge >= 0.3 is 0 Å². The third kappa shape index (κ3) is 5.80. The maximum Gasteiger partial charge on any atom is 0.233 e. The number of aromatic nitrogens is 1. The number of nitrogens with zero attached hydrogens (tertiary/aromatic N) is 1. The van der Waals surface area contributed by atoms with E-state index >= 15 is 0 Å². The lowest BCUT2D eigenvalue weighted by Crippen LogP contribution is -2.17. The highest BCUT2D eigenvalue weighted by atomic mass is 32.2. The molecule has 0 atom stereocenters. The van der Waals surface area contributed by atoms with Crippen molar-refractivity contribution >= 4 is 21.5 Å². The average molecular weight is 379 g/mol. The van der Waals surface area contributed by atoms with Gasteiger partial charge in [0.2, 0.25) is 10.0 Å². The largest absolute Gasteiger partial charge is 0.493 e. The number of rotatable bonds is 10. The van der Waals surface area contributed by atoms with E-state index in [1.54, 1.807) is 32.5 Å². The van der Waals surface area contributed by atoms with Gasteiger partial charge in [-0.1, -0.05) is 19.4 Å². The van der Waals surface area contributed by atoms with Crippen molar-refractivity contribution in [1.82, 2.24) is 4.98 Å². The smallest absolute Gasteiger partial charge is 0.233 e. The number of anilines is 2. The molecule has 8 heteroatoms. The minimum atomic E-state index is -3.34. The fourth-order valence-electron chi connectivity index (χ4n) is 2.30. The van der Waals surface area contributed by atoms with Gasteiger partial charge in [-0.15, -0.1) is 0 Å². The minimum Gasteiger partial charge on any atom is -0.493 e. The normalized spacial score (nSPS) is 11.0. The average Bonchev–Trinajstić information content (AvgIpc) is 2.65. The molecule has 1 heterocycles. The van der Waals surface area contributed by atoms with Crippen molar-refractivity contribution in [2.24, 2.45) is 0 Å². The molecular formula is C18H25N3O4S. The summed E-state index contributed by atoms with van der Waals surface area (Å²) in [5, 5.41) is 3.24. The number of sulfonamides is 1. The summed E-state index contributed by atoms with van der Waals surface area (Å²) >= 11 is 0. The molecule has 0 aliphatic rings. The first-order valence-electron chi connectivity index (χ1n) is 8.38. The number of methoxy groups -OCH3 is 2. The number of pyridine rings is 1. The van der Waals surface area contributed by atoms with Crippen LogP contribution in [0.1, 0.15) is 25.3 Å². The van der Waals surface area contributed by atoms with Crippen molar-refractivity contribution in [2.45, 2.75) is 26.3 Å². The molecule has 0 unspecified atom stereocenters. The monoisotopic (exact) mass is 379 g/mol. The summed E-state index contributed by atoms with van der Waals surface area (Å²) in [5.74, 6) is 1.77. The van der Waals surface area contributed by atoms with Crippen LogP contribution in [-0.2, 0) is 16.6 Å². The fourth-order valence-corrected chi connectivity index (χ4v) is 3.51. The van der Waals surface area contributed by atoms with Gasteiger partial charge in [-0.2, -0.15) is 0 Å². The zero-order chi connectivity index (χ0) is 19.0. The number of unbranched alkanes of at least 4 members (excludes halogenated alkanes) is 1. The molecule has 1 aromatic heterocycles. The van der Waals surface area contributed by atoms with Gasteiger partial charge in [0.1, 0.15) is 5.82 Å². The van der Waals surface area contributed by atoms with Gasteiger partial charge in [-0.25, -0.2) is 13.4 Å². The van der Waals surface area contributed by atoms with E-state index < -0.39 is 10.0 Å². The molecule has 2 aromatic rings. The zero-order valence-corrected chi connectivity index (χ0v) is 16.1. The predicted molar refractivity (Wildman–Crippen MR) is 103 cm³/mol. The lowest BCUT2D eigenvalue weighted by Gasteiger charge is -2.11. The topological polar surface area (TPSA) is 89.6 Å². The number of benzene rings is 1. The van der Waals surface area contributed by atoms with Crippen LogP contribution in [0.2, 0.25) is 0 Å². The van der Waals surface area contributed by atoms with E-state index in [4.69, 9.17) is 9.47 Å². The zero-order valence-electron chi connectivity index (χ0n) is 15.3. The molecule has 0 saturated heterocycles. The van der Waals surface area contributed by atoms with Crippen LogP contribution in [0, 0.1) is 0 Å². The summed E-state index contributed by atoms with van der Waals surface area (Å²) in [7, 11) is -0.145. The molecule has 1 aromatic carbocycles. The first-order valence-corrected chi connectivity index (χ1v) is 10.0. The minimum absolute atomic E-state index is 0.102. The Labute approximate surface area is 154 Å². The molecule has 142 valence electrons. The Morgan fingerprint density at radius 1 is 1.08 bits per heavy atom. The summed E-state index contributed by atoms with van der Waals surface area (Å²) in [5.41, 5.74) is 1.81.